The Labute approximate surface area is 113 Å². The zero-order valence-electron chi connectivity index (χ0n) is 10.9. The Morgan fingerprint density at radius 2 is 2.05 bits per heavy atom. The lowest BCUT2D eigenvalue weighted by Crippen LogP contribution is -2.14. The van der Waals surface area contributed by atoms with Gasteiger partial charge in [-0.2, -0.15) is 0 Å². The summed E-state index contributed by atoms with van der Waals surface area (Å²) < 4.78 is 5.31. The highest BCUT2D eigenvalue weighted by molar-refractivity contribution is 6.02. The molecule has 2 N–H and O–H groups in total. The molecule has 3 rings (SSSR count). The summed E-state index contributed by atoms with van der Waals surface area (Å²) >= 11 is 0. The average Bonchev–Trinajstić information content (AvgIpc) is 2.42. The van der Waals surface area contributed by atoms with Crippen molar-refractivity contribution in [3.05, 3.63) is 56.2 Å². The van der Waals surface area contributed by atoms with Crippen LogP contribution in [0.15, 0.2) is 38.3 Å². The predicted molar refractivity (Wildman–Crippen MR) is 76.1 cm³/mol. The molecule has 0 unspecified atom stereocenters. The standard InChI is InChI=1S/C15H13NO4/c1-8-3-2-4-10-12(8)16-14(18)11-7-9(5-6-17)15(19)20-13(10)11/h2-4,7,17H,5-6H2,1H3,(H,16,18). The molecule has 0 amide bonds. The van der Waals surface area contributed by atoms with E-state index in [9.17, 15) is 9.59 Å². The third kappa shape index (κ3) is 1.83. The number of para-hydroxylation sites is 1. The van der Waals surface area contributed by atoms with Gasteiger partial charge in [-0.1, -0.05) is 12.1 Å². The topological polar surface area (TPSA) is 83.3 Å². The number of aromatic amines is 1. The van der Waals surface area contributed by atoms with Crippen LogP contribution in [-0.4, -0.2) is 16.7 Å². The number of H-pyrrole nitrogens is 1. The quantitative estimate of drug-likeness (QED) is 0.691. The summed E-state index contributed by atoms with van der Waals surface area (Å²) in [5, 5.41) is 9.95. The van der Waals surface area contributed by atoms with Gasteiger partial charge >= 0.3 is 5.63 Å². The molecule has 102 valence electrons. The Morgan fingerprint density at radius 3 is 2.80 bits per heavy atom. The molecule has 3 aromatic rings. The van der Waals surface area contributed by atoms with Gasteiger partial charge in [0.2, 0.25) is 0 Å². The molecule has 0 saturated heterocycles. The lowest BCUT2D eigenvalue weighted by atomic mass is 10.1. The van der Waals surface area contributed by atoms with Gasteiger partial charge in [-0.25, -0.2) is 4.79 Å². The minimum absolute atomic E-state index is 0.166. The second-order valence-corrected chi connectivity index (χ2v) is 4.73. The molecule has 20 heavy (non-hydrogen) atoms. The molecule has 0 aliphatic heterocycles. The molecular weight excluding hydrogens is 258 g/mol. The lowest BCUT2D eigenvalue weighted by molar-refractivity contribution is 0.298. The van der Waals surface area contributed by atoms with E-state index in [1.165, 1.54) is 6.07 Å². The van der Waals surface area contributed by atoms with Crippen LogP contribution in [0.1, 0.15) is 11.1 Å². The third-order valence-corrected chi connectivity index (χ3v) is 3.40. The van der Waals surface area contributed by atoms with Crippen molar-refractivity contribution in [2.24, 2.45) is 0 Å². The van der Waals surface area contributed by atoms with Crippen LogP contribution in [0.25, 0.3) is 21.9 Å². The molecule has 0 radical (unpaired) electrons. The van der Waals surface area contributed by atoms with Gasteiger partial charge in [0.15, 0.2) is 5.58 Å². The van der Waals surface area contributed by atoms with E-state index in [0.29, 0.717) is 27.4 Å². The SMILES string of the molecule is Cc1cccc2c1[nH]c(=O)c1cc(CCO)c(=O)oc12. The van der Waals surface area contributed by atoms with Gasteiger partial charge in [-0.05, 0) is 24.6 Å². The van der Waals surface area contributed by atoms with Gasteiger partial charge in [0.25, 0.3) is 5.56 Å². The highest BCUT2D eigenvalue weighted by atomic mass is 16.4. The summed E-state index contributed by atoms with van der Waals surface area (Å²) in [7, 11) is 0. The Balaban J connectivity index is 2.51. The van der Waals surface area contributed by atoms with Crippen LogP contribution in [0, 0.1) is 6.92 Å². The van der Waals surface area contributed by atoms with E-state index in [0.717, 1.165) is 5.56 Å². The Bertz CT molecular complexity index is 921. The van der Waals surface area contributed by atoms with Crippen LogP contribution < -0.4 is 11.2 Å². The van der Waals surface area contributed by atoms with Gasteiger partial charge in [-0.3, -0.25) is 4.79 Å². The van der Waals surface area contributed by atoms with E-state index in [1.807, 2.05) is 19.1 Å². The summed E-state index contributed by atoms with van der Waals surface area (Å²) in [5.74, 6) is 0. The normalized spacial score (nSPS) is 11.3. The van der Waals surface area contributed by atoms with E-state index in [2.05, 4.69) is 4.98 Å². The Morgan fingerprint density at radius 1 is 1.25 bits per heavy atom. The first-order chi connectivity index (χ1) is 9.61. The van der Waals surface area contributed by atoms with Crippen molar-refractivity contribution in [3.63, 3.8) is 0 Å². The number of pyridine rings is 1. The Hall–Kier alpha value is -2.40. The van der Waals surface area contributed by atoms with Crippen molar-refractivity contribution in [1.82, 2.24) is 4.98 Å². The number of aliphatic hydroxyl groups is 1. The predicted octanol–water partition coefficient (Wildman–Crippen LogP) is 1.48. The molecule has 5 nitrogen and oxygen atoms in total. The molecule has 0 fully saturated rings. The van der Waals surface area contributed by atoms with Crippen LogP contribution in [0.3, 0.4) is 0 Å². The van der Waals surface area contributed by atoms with E-state index in [1.54, 1.807) is 6.07 Å². The first-order valence-corrected chi connectivity index (χ1v) is 6.31. The maximum Gasteiger partial charge on any atom is 0.339 e. The van der Waals surface area contributed by atoms with Crippen molar-refractivity contribution >= 4 is 21.9 Å². The van der Waals surface area contributed by atoms with Crippen molar-refractivity contribution in [1.29, 1.82) is 0 Å². The molecule has 0 aliphatic carbocycles. The molecule has 0 spiro atoms. The van der Waals surface area contributed by atoms with Gasteiger partial charge in [0, 0.05) is 24.0 Å². The number of aromatic nitrogens is 1. The number of aliphatic hydroxyl groups excluding tert-OH is 1. The summed E-state index contributed by atoms with van der Waals surface area (Å²) in [6, 6.07) is 7.02. The molecule has 5 heteroatoms. The maximum absolute atomic E-state index is 12.1. The second kappa shape index (κ2) is 4.61. The third-order valence-electron chi connectivity index (χ3n) is 3.40. The molecule has 0 aliphatic rings. The van der Waals surface area contributed by atoms with Gasteiger partial charge < -0.3 is 14.5 Å². The first kappa shape index (κ1) is 12.6. The van der Waals surface area contributed by atoms with Crippen LogP contribution in [0.2, 0.25) is 0 Å². The summed E-state index contributed by atoms with van der Waals surface area (Å²) in [6.07, 6.45) is 0.170. The molecular formula is C15H13NO4. The zero-order chi connectivity index (χ0) is 14.3. The summed E-state index contributed by atoms with van der Waals surface area (Å²) in [4.78, 5) is 26.8. The first-order valence-electron chi connectivity index (χ1n) is 6.31. The minimum Gasteiger partial charge on any atom is -0.422 e. The van der Waals surface area contributed by atoms with Crippen LogP contribution in [0.4, 0.5) is 0 Å². The number of hydrogen-bond donors (Lipinski definition) is 2. The Kier molecular flexibility index (Phi) is 2.91. The summed E-state index contributed by atoms with van der Waals surface area (Å²) in [6.45, 7) is 1.71. The smallest absolute Gasteiger partial charge is 0.339 e. The molecule has 2 aromatic heterocycles. The number of rotatable bonds is 2. The lowest BCUT2D eigenvalue weighted by Gasteiger charge is -2.06. The molecule has 2 heterocycles. The minimum atomic E-state index is -0.514. The van der Waals surface area contributed by atoms with E-state index >= 15 is 0 Å². The largest absolute Gasteiger partial charge is 0.422 e. The van der Waals surface area contributed by atoms with Gasteiger partial charge in [0.05, 0.1) is 10.9 Å². The van der Waals surface area contributed by atoms with Crippen molar-refractivity contribution < 1.29 is 9.52 Å². The van der Waals surface area contributed by atoms with Crippen molar-refractivity contribution in [2.45, 2.75) is 13.3 Å². The van der Waals surface area contributed by atoms with Gasteiger partial charge in [0.1, 0.15) is 0 Å². The monoisotopic (exact) mass is 271 g/mol. The van der Waals surface area contributed by atoms with E-state index in [4.69, 9.17) is 9.52 Å². The number of fused-ring (bicyclic) bond motifs is 3. The highest BCUT2D eigenvalue weighted by Gasteiger charge is 2.12. The fraction of sp³-hybridized carbons (Fsp3) is 0.200. The maximum atomic E-state index is 12.1. The number of benzene rings is 1. The molecule has 0 bridgehead atoms. The van der Waals surface area contributed by atoms with Crippen LogP contribution in [-0.2, 0) is 6.42 Å². The van der Waals surface area contributed by atoms with Crippen LogP contribution in [0.5, 0.6) is 0 Å². The van der Waals surface area contributed by atoms with Crippen molar-refractivity contribution in [2.75, 3.05) is 6.61 Å². The highest BCUT2D eigenvalue weighted by Crippen LogP contribution is 2.22. The number of hydrogen-bond acceptors (Lipinski definition) is 4. The molecule has 0 saturated carbocycles. The van der Waals surface area contributed by atoms with E-state index in [-0.39, 0.29) is 18.6 Å². The van der Waals surface area contributed by atoms with Gasteiger partial charge in [-0.15, -0.1) is 0 Å². The average molecular weight is 271 g/mol. The fourth-order valence-electron chi connectivity index (χ4n) is 2.38. The zero-order valence-corrected chi connectivity index (χ0v) is 10.9. The van der Waals surface area contributed by atoms with Crippen molar-refractivity contribution in [3.8, 4) is 0 Å². The fourth-order valence-corrected chi connectivity index (χ4v) is 2.38. The second-order valence-electron chi connectivity index (χ2n) is 4.73. The number of aryl methyl sites for hydroxylation is 1. The number of nitrogens with one attached hydrogen (secondary N) is 1. The summed E-state index contributed by atoms with van der Waals surface area (Å²) in [5.41, 5.74) is 1.35. The van der Waals surface area contributed by atoms with E-state index < -0.39 is 5.63 Å². The molecule has 1 aromatic carbocycles. The van der Waals surface area contributed by atoms with Crippen LogP contribution >= 0.6 is 0 Å². The molecule has 0 atom stereocenters.